The molecule has 110 valence electrons. The monoisotopic (exact) mass is 304 g/mol. The molecule has 1 atom stereocenters. The molecule has 0 bridgehead atoms. The summed E-state index contributed by atoms with van der Waals surface area (Å²) in [6.07, 6.45) is 0. The summed E-state index contributed by atoms with van der Waals surface area (Å²) in [5.41, 5.74) is 6.76. The number of primary amides is 1. The molecular formula is C15H16N2O3S. The minimum atomic E-state index is -3.82. The number of sulfonamides is 1. The van der Waals surface area contributed by atoms with E-state index in [0.717, 1.165) is 5.56 Å². The fourth-order valence-corrected chi connectivity index (χ4v) is 3.07. The second-order valence-corrected chi connectivity index (χ2v) is 6.39. The van der Waals surface area contributed by atoms with Crippen LogP contribution in [-0.4, -0.2) is 14.3 Å². The highest BCUT2D eigenvalue weighted by Crippen LogP contribution is 2.17. The predicted octanol–water partition coefficient (Wildman–Crippen LogP) is 1.50. The van der Waals surface area contributed by atoms with E-state index in [1.54, 1.807) is 42.5 Å². The molecule has 0 spiro atoms. The summed E-state index contributed by atoms with van der Waals surface area (Å²) in [7, 11) is -3.82. The lowest BCUT2D eigenvalue weighted by molar-refractivity contribution is -0.119. The summed E-state index contributed by atoms with van der Waals surface area (Å²) in [4.78, 5) is 11.7. The summed E-state index contributed by atoms with van der Waals surface area (Å²) in [5.74, 6) is -0.753. The van der Waals surface area contributed by atoms with Crippen molar-refractivity contribution in [3.8, 4) is 0 Å². The van der Waals surface area contributed by atoms with Gasteiger partial charge >= 0.3 is 0 Å². The molecule has 1 unspecified atom stereocenters. The first kappa shape index (κ1) is 15.2. The van der Waals surface area contributed by atoms with Crippen molar-refractivity contribution in [1.82, 2.24) is 4.72 Å². The van der Waals surface area contributed by atoms with Crippen molar-refractivity contribution >= 4 is 15.9 Å². The van der Waals surface area contributed by atoms with Gasteiger partial charge in [-0.15, -0.1) is 0 Å². The Morgan fingerprint density at radius 3 is 2.14 bits per heavy atom. The lowest BCUT2D eigenvalue weighted by Crippen LogP contribution is -2.37. The number of hydrogen-bond acceptors (Lipinski definition) is 3. The van der Waals surface area contributed by atoms with Crippen LogP contribution in [0.4, 0.5) is 0 Å². The average Bonchev–Trinajstić information content (AvgIpc) is 2.46. The van der Waals surface area contributed by atoms with Gasteiger partial charge in [0.05, 0.1) is 4.90 Å². The molecule has 2 aromatic carbocycles. The van der Waals surface area contributed by atoms with E-state index in [2.05, 4.69) is 4.72 Å². The number of nitrogens with two attached hydrogens (primary N) is 1. The first-order valence-corrected chi connectivity index (χ1v) is 7.82. The molecule has 5 nitrogen and oxygen atoms in total. The molecule has 0 saturated heterocycles. The standard InChI is InChI=1S/C15H16N2O3S/c1-11-7-9-13(10-8-11)21(19,20)17-14(15(16)18)12-5-3-2-4-6-12/h2-10,14,17H,1H3,(H2,16,18). The van der Waals surface area contributed by atoms with Gasteiger partial charge < -0.3 is 5.73 Å². The van der Waals surface area contributed by atoms with Crippen LogP contribution in [-0.2, 0) is 14.8 Å². The Hall–Kier alpha value is -2.18. The Bertz CT molecular complexity index is 725. The van der Waals surface area contributed by atoms with Gasteiger partial charge in [0, 0.05) is 0 Å². The van der Waals surface area contributed by atoms with Crippen LogP contribution in [0.2, 0.25) is 0 Å². The largest absolute Gasteiger partial charge is 0.368 e. The molecule has 0 fully saturated rings. The molecule has 0 aromatic heterocycles. The summed E-state index contributed by atoms with van der Waals surface area (Å²) in [6.45, 7) is 1.86. The Kier molecular flexibility index (Phi) is 4.40. The number of amides is 1. The zero-order chi connectivity index (χ0) is 15.5. The number of carbonyl (C=O) groups excluding carboxylic acids is 1. The van der Waals surface area contributed by atoms with E-state index in [9.17, 15) is 13.2 Å². The third-order valence-corrected chi connectivity index (χ3v) is 4.46. The molecule has 0 radical (unpaired) electrons. The second kappa shape index (κ2) is 6.07. The predicted molar refractivity (Wildman–Crippen MR) is 79.9 cm³/mol. The minimum Gasteiger partial charge on any atom is -0.368 e. The number of rotatable bonds is 5. The van der Waals surface area contributed by atoms with Gasteiger partial charge in [-0.25, -0.2) is 8.42 Å². The van der Waals surface area contributed by atoms with Gasteiger partial charge in [-0.2, -0.15) is 4.72 Å². The Morgan fingerprint density at radius 1 is 1.05 bits per heavy atom. The lowest BCUT2D eigenvalue weighted by atomic mass is 10.1. The molecule has 2 rings (SSSR count). The quantitative estimate of drug-likeness (QED) is 0.877. The van der Waals surface area contributed by atoms with Crippen molar-refractivity contribution in [1.29, 1.82) is 0 Å². The van der Waals surface area contributed by atoms with Crippen molar-refractivity contribution in [2.75, 3.05) is 0 Å². The van der Waals surface area contributed by atoms with Gasteiger partial charge in [-0.1, -0.05) is 48.0 Å². The molecule has 0 aliphatic heterocycles. The molecule has 1 amide bonds. The fourth-order valence-electron chi connectivity index (χ4n) is 1.88. The van der Waals surface area contributed by atoms with Crippen molar-refractivity contribution in [3.63, 3.8) is 0 Å². The van der Waals surface area contributed by atoms with Gasteiger partial charge in [0.25, 0.3) is 0 Å². The van der Waals surface area contributed by atoms with E-state index < -0.39 is 22.0 Å². The summed E-state index contributed by atoms with van der Waals surface area (Å²) >= 11 is 0. The third-order valence-electron chi connectivity index (χ3n) is 3.02. The van der Waals surface area contributed by atoms with Crippen LogP contribution in [0.3, 0.4) is 0 Å². The molecule has 6 heteroatoms. The summed E-state index contributed by atoms with van der Waals surface area (Å²) in [5, 5.41) is 0. The van der Waals surface area contributed by atoms with Gasteiger partial charge in [-0.05, 0) is 24.6 Å². The van der Waals surface area contributed by atoms with E-state index in [-0.39, 0.29) is 4.90 Å². The van der Waals surface area contributed by atoms with Crippen LogP contribution in [0.15, 0.2) is 59.5 Å². The molecule has 2 aromatic rings. The Morgan fingerprint density at radius 2 is 1.62 bits per heavy atom. The average molecular weight is 304 g/mol. The molecular weight excluding hydrogens is 288 g/mol. The van der Waals surface area contributed by atoms with Gasteiger partial charge in [0.15, 0.2) is 0 Å². The van der Waals surface area contributed by atoms with E-state index >= 15 is 0 Å². The fraction of sp³-hybridized carbons (Fsp3) is 0.133. The highest BCUT2D eigenvalue weighted by atomic mass is 32.2. The van der Waals surface area contributed by atoms with E-state index in [1.807, 2.05) is 6.92 Å². The summed E-state index contributed by atoms with van der Waals surface area (Å²) < 4.78 is 27.0. The van der Waals surface area contributed by atoms with Crippen LogP contribution in [0.25, 0.3) is 0 Å². The Balaban J connectivity index is 2.32. The highest BCUT2D eigenvalue weighted by molar-refractivity contribution is 7.89. The molecule has 21 heavy (non-hydrogen) atoms. The van der Waals surface area contributed by atoms with Gasteiger partial charge in [0.1, 0.15) is 6.04 Å². The first-order chi connectivity index (χ1) is 9.90. The third kappa shape index (κ3) is 3.68. The van der Waals surface area contributed by atoms with Gasteiger partial charge in [-0.3, -0.25) is 4.79 Å². The molecule has 0 heterocycles. The van der Waals surface area contributed by atoms with Crippen LogP contribution in [0, 0.1) is 6.92 Å². The van der Waals surface area contributed by atoms with Crippen molar-refractivity contribution in [2.24, 2.45) is 5.73 Å². The smallest absolute Gasteiger partial charge is 0.241 e. The number of benzene rings is 2. The SMILES string of the molecule is Cc1ccc(S(=O)(=O)NC(C(N)=O)c2ccccc2)cc1. The molecule has 0 aliphatic rings. The summed E-state index contributed by atoms with van der Waals surface area (Å²) in [6, 6.07) is 13.7. The maximum atomic E-state index is 12.3. The van der Waals surface area contributed by atoms with Crippen LogP contribution in [0.5, 0.6) is 0 Å². The number of carbonyl (C=O) groups is 1. The topological polar surface area (TPSA) is 89.3 Å². The number of nitrogens with one attached hydrogen (secondary N) is 1. The molecule has 0 saturated carbocycles. The van der Waals surface area contributed by atoms with E-state index in [0.29, 0.717) is 5.56 Å². The second-order valence-electron chi connectivity index (χ2n) is 4.68. The van der Waals surface area contributed by atoms with Crippen molar-refractivity contribution in [3.05, 3.63) is 65.7 Å². The molecule has 0 aliphatic carbocycles. The van der Waals surface area contributed by atoms with Crippen molar-refractivity contribution in [2.45, 2.75) is 17.9 Å². The van der Waals surface area contributed by atoms with Crippen LogP contribution >= 0.6 is 0 Å². The first-order valence-electron chi connectivity index (χ1n) is 6.33. The maximum absolute atomic E-state index is 12.3. The normalized spacial score (nSPS) is 12.8. The highest BCUT2D eigenvalue weighted by Gasteiger charge is 2.25. The van der Waals surface area contributed by atoms with Crippen LogP contribution < -0.4 is 10.5 Å². The Labute approximate surface area is 123 Å². The van der Waals surface area contributed by atoms with Crippen molar-refractivity contribution < 1.29 is 13.2 Å². The van der Waals surface area contributed by atoms with Gasteiger partial charge in [0.2, 0.25) is 15.9 Å². The zero-order valence-electron chi connectivity index (χ0n) is 11.5. The zero-order valence-corrected chi connectivity index (χ0v) is 12.3. The van der Waals surface area contributed by atoms with E-state index in [4.69, 9.17) is 5.73 Å². The maximum Gasteiger partial charge on any atom is 0.241 e. The lowest BCUT2D eigenvalue weighted by Gasteiger charge is -2.16. The minimum absolute atomic E-state index is 0.0929. The molecule has 3 N–H and O–H groups in total. The van der Waals surface area contributed by atoms with E-state index in [1.165, 1.54) is 12.1 Å². The number of aryl methyl sites for hydroxylation is 1. The number of hydrogen-bond donors (Lipinski definition) is 2. The van der Waals surface area contributed by atoms with Crippen LogP contribution in [0.1, 0.15) is 17.2 Å².